The summed E-state index contributed by atoms with van der Waals surface area (Å²) in [5, 5.41) is 2.90. The smallest absolute Gasteiger partial charge is 0.0555 e. The fourth-order valence-electron chi connectivity index (χ4n) is 7.26. The van der Waals surface area contributed by atoms with Crippen molar-refractivity contribution in [2.24, 2.45) is 23.7 Å². The van der Waals surface area contributed by atoms with Gasteiger partial charge >= 0.3 is 0 Å². The number of aromatic nitrogens is 2. The number of rotatable bonds is 1. The highest BCUT2D eigenvalue weighted by atomic mass is 15.0. The lowest BCUT2D eigenvalue weighted by Gasteiger charge is -2.37. The van der Waals surface area contributed by atoms with E-state index in [0.717, 1.165) is 0 Å². The summed E-state index contributed by atoms with van der Waals surface area (Å²) in [6, 6.07) is 16.0. The number of H-pyrrole nitrogens is 1. The normalized spacial score (nSPS) is 31.7. The predicted octanol–water partition coefficient (Wildman–Crippen LogP) is 8.54. The summed E-state index contributed by atoms with van der Waals surface area (Å²) in [5.74, 6) is 4.40. The fraction of sp³-hybridized carbons (Fsp3) is 0.484. The molecule has 2 aromatic heterocycles. The lowest BCUT2D eigenvalue weighted by Crippen LogP contribution is -2.27. The third-order valence-corrected chi connectivity index (χ3v) is 10.1. The van der Waals surface area contributed by atoms with Gasteiger partial charge in [0, 0.05) is 27.7 Å². The van der Waals surface area contributed by atoms with Crippen LogP contribution in [0.15, 0.2) is 42.5 Å². The molecule has 0 saturated carbocycles. The summed E-state index contributed by atoms with van der Waals surface area (Å²) in [5.41, 5.74) is 10.2. The summed E-state index contributed by atoms with van der Waals surface area (Å²) < 4.78 is 2.65. The Morgan fingerprint density at radius 1 is 0.758 bits per heavy atom. The Morgan fingerprint density at radius 3 is 2.27 bits per heavy atom. The van der Waals surface area contributed by atoms with Gasteiger partial charge in [-0.25, -0.2) is 0 Å². The Morgan fingerprint density at radius 2 is 1.48 bits per heavy atom. The van der Waals surface area contributed by atoms with Crippen LogP contribution in [0.2, 0.25) is 0 Å². The van der Waals surface area contributed by atoms with Crippen LogP contribution >= 0.6 is 0 Å². The van der Waals surface area contributed by atoms with E-state index >= 15 is 0 Å². The van der Waals surface area contributed by atoms with Crippen molar-refractivity contribution in [3.05, 3.63) is 65.0 Å². The molecule has 0 fully saturated rings. The molecule has 7 atom stereocenters. The summed E-state index contributed by atoms with van der Waals surface area (Å²) in [6.07, 6.45) is 1.18. The molecule has 0 bridgehead atoms. The number of nitrogens with zero attached hydrogens (tertiary/aromatic N) is 1. The second-order valence-electron chi connectivity index (χ2n) is 11.5. The Hall–Kier alpha value is -2.48. The molecule has 0 spiro atoms. The van der Waals surface area contributed by atoms with Gasteiger partial charge in [0.05, 0.1) is 11.2 Å². The number of nitrogens with one attached hydrogen (secondary N) is 1. The first-order valence-corrected chi connectivity index (χ1v) is 13.1. The zero-order valence-electron chi connectivity index (χ0n) is 21.2. The van der Waals surface area contributed by atoms with E-state index in [4.69, 9.17) is 0 Å². The van der Waals surface area contributed by atoms with Crippen molar-refractivity contribution in [1.29, 1.82) is 0 Å². The molecule has 4 aromatic rings. The highest BCUT2D eigenvalue weighted by Gasteiger charge is 2.38. The Labute approximate surface area is 198 Å². The van der Waals surface area contributed by atoms with Gasteiger partial charge in [-0.15, -0.1) is 0 Å². The Kier molecular flexibility index (Phi) is 4.64. The average molecular weight is 439 g/mol. The highest BCUT2D eigenvalue weighted by Crippen LogP contribution is 2.51. The van der Waals surface area contributed by atoms with E-state index < -0.39 is 0 Å². The predicted molar refractivity (Wildman–Crippen MR) is 141 cm³/mol. The zero-order valence-corrected chi connectivity index (χ0v) is 21.2. The average Bonchev–Trinajstić information content (AvgIpc) is 3.36. The molecule has 172 valence electrons. The molecule has 0 saturated heterocycles. The van der Waals surface area contributed by atoms with Gasteiger partial charge in [-0.05, 0) is 77.2 Å². The van der Waals surface area contributed by atoms with Gasteiger partial charge in [0.2, 0.25) is 0 Å². The molecule has 0 aliphatic heterocycles. The summed E-state index contributed by atoms with van der Waals surface area (Å²) >= 11 is 0. The molecule has 2 aliphatic rings. The summed E-state index contributed by atoms with van der Waals surface area (Å²) in [6.45, 7) is 17.1. The summed E-state index contributed by atoms with van der Waals surface area (Å²) in [7, 11) is 0. The van der Waals surface area contributed by atoms with Crippen LogP contribution in [-0.2, 0) is 6.42 Å². The first kappa shape index (κ1) is 21.1. The number of fused-ring (bicyclic) bond motifs is 6. The van der Waals surface area contributed by atoms with E-state index in [0.29, 0.717) is 41.4 Å². The first-order valence-electron chi connectivity index (χ1n) is 13.1. The monoisotopic (exact) mass is 438 g/mol. The van der Waals surface area contributed by atoms with Gasteiger partial charge in [0.25, 0.3) is 0 Å². The Balaban J connectivity index is 1.72. The molecule has 1 N–H and O–H groups in total. The van der Waals surface area contributed by atoms with Gasteiger partial charge in [0.1, 0.15) is 0 Å². The van der Waals surface area contributed by atoms with Gasteiger partial charge in [-0.3, -0.25) is 0 Å². The molecule has 7 unspecified atom stereocenters. The highest BCUT2D eigenvalue weighted by molar-refractivity contribution is 5.97. The van der Waals surface area contributed by atoms with E-state index in [2.05, 4.69) is 100 Å². The maximum Gasteiger partial charge on any atom is 0.0555 e. The molecule has 2 nitrogen and oxygen atoms in total. The standard InChI is InChI=1S/C31H38N2/c1-16-15-24-23-11-8-9-13-26(23)33(31(24)22(7)17(16)2)27-14-10-12-25-29(27)28-20(5)18(3)19(4)21(6)30(28)32-25/h8-14,16-22,32H,15H2,1-7H3. The molecule has 0 radical (unpaired) electrons. The minimum Gasteiger partial charge on any atom is -0.358 e. The van der Waals surface area contributed by atoms with Gasteiger partial charge in [-0.2, -0.15) is 0 Å². The summed E-state index contributed by atoms with van der Waals surface area (Å²) in [4.78, 5) is 3.89. The lowest BCUT2D eigenvalue weighted by molar-refractivity contribution is 0.272. The topological polar surface area (TPSA) is 20.7 Å². The second kappa shape index (κ2) is 7.26. The minimum absolute atomic E-state index is 0.538. The van der Waals surface area contributed by atoms with Crippen LogP contribution in [0, 0.1) is 23.7 Å². The van der Waals surface area contributed by atoms with Gasteiger partial charge in [0.15, 0.2) is 0 Å². The Bertz CT molecular complexity index is 1370. The number of aromatic amines is 1. The molecule has 33 heavy (non-hydrogen) atoms. The van der Waals surface area contributed by atoms with Crippen molar-refractivity contribution < 1.29 is 0 Å². The maximum absolute atomic E-state index is 3.89. The van der Waals surface area contributed by atoms with E-state index in [9.17, 15) is 0 Å². The third kappa shape index (κ3) is 2.73. The van der Waals surface area contributed by atoms with Crippen molar-refractivity contribution in [1.82, 2.24) is 9.55 Å². The second-order valence-corrected chi connectivity index (χ2v) is 11.5. The van der Waals surface area contributed by atoms with Crippen LogP contribution in [0.25, 0.3) is 27.5 Å². The van der Waals surface area contributed by atoms with Crippen molar-refractivity contribution in [3.63, 3.8) is 0 Å². The molecular formula is C31H38N2. The fourth-order valence-corrected chi connectivity index (χ4v) is 7.26. The lowest BCUT2D eigenvalue weighted by atomic mass is 9.68. The van der Waals surface area contributed by atoms with Crippen LogP contribution in [0.3, 0.4) is 0 Å². The molecular weight excluding hydrogens is 400 g/mol. The van der Waals surface area contributed by atoms with E-state index in [1.807, 2.05) is 0 Å². The molecule has 2 heterocycles. The van der Waals surface area contributed by atoms with Crippen LogP contribution in [0.1, 0.15) is 88.7 Å². The quantitative estimate of drug-likeness (QED) is 0.307. The molecule has 2 aliphatic carbocycles. The number of hydrogen-bond donors (Lipinski definition) is 1. The molecule has 6 rings (SSSR count). The largest absolute Gasteiger partial charge is 0.358 e. The van der Waals surface area contributed by atoms with Crippen molar-refractivity contribution in [3.8, 4) is 5.69 Å². The van der Waals surface area contributed by atoms with Crippen LogP contribution in [0.4, 0.5) is 0 Å². The van der Waals surface area contributed by atoms with E-state index in [-0.39, 0.29) is 0 Å². The van der Waals surface area contributed by atoms with Crippen molar-refractivity contribution in [2.75, 3.05) is 0 Å². The van der Waals surface area contributed by atoms with Crippen LogP contribution in [-0.4, -0.2) is 9.55 Å². The van der Waals surface area contributed by atoms with Crippen LogP contribution < -0.4 is 0 Å². The maximum atomic E-state index is 3.89. The minimum atomic E-state index is 0.538. The van der Waals surface area contributed by atoms with Gasteiger partial charge in [-0.1, -0.05) is 72.7 Å². The van der Waals surface area contributed by atoms with Gasteiger partial charge < -0.3 is 9.55 Å². The number of hydrogen-bond acceptors (Lipinski definition) is 0. The zero-order chi connectivity index (χ0) is 23.2. The van der Waals surface area contributed by atoms with Crippen molar-refractivity contribution >= 4 is 21.8 Å². The first-order chi connectivity index (χ1) is 15.8. The molecule has 2 heteroatoms. The SMILES string of the molecule is CC1Cc2c(n(-c3cccc4[nH]c5c(c34)C(C)C(C)C(C)C5C)c3ccccc23)C(C)C1C. The number of benzene rings is 2. The third-order valence-electron chi connectivity index (χ3n) is 10.1. The number of para-hydroxylation sites is 1. The van der Waals surface area contributed by atoms with Crippen LogP contribution in [0.5, 0.6) is 0 Å². The molecule has 0 amide bonds. The van der Waals surface area contributed by atoms with E-state index in [1.165, 1.54) is 39.6 Å². The molecule has 2 aromatic carbocycles. The van der Waals surface area contributed by atoms with Crippen molar-refractivity contribution in [2.45, 2.75) is 72.6 Å². The van der Waals surface area contributed by atoms with E-state index in [1.54, 1.807) is 16.8 Å².